The van der Waals surface area contributed by atoms with E-state index in [2.05, 4.69) is 40.3 Å². The third-order valence-electron chi connectivity index (χ3n) is 5.04. The molecule has 2 aromatic rings. The highest BCUT2D eigenvalue weighted by molar-refractivity contribution is 5.95. The Morgan fingerprint density at radius 2 is 1.70 bits per heavy atom. The topological polar surface area (TPSA) is 42.9 Å². The molecule has 0 spiro atoms. The molecule has 0 atom stereocenters. The molecular weight excluding hydrogens is 284 g/mol. The number of hydrogen-bond donors (Lipinski definition) is 0. The van der Waals surface area contributed by atoms with Crippen LogP contribution in [0.15, 0.2) is 42.7 Å². The van der Waals surface area contributed by atoms with Gasteiger partial charge in [-0.15, -0.1) is 0 Å². The van der Waals surface area contributed by atoms with E-state index < -0.39 is 0 Å². The number of ketones is 1. The third kappa shape index (κ3) is 3.49. The minimum absolute atomic E-state index is 0.104. The van der Waals surface area contributed by atoms with Gasteiger partial charge >= 0.3 is 0 Å². The van der Waals surface area contributed by atoms with E-state index in [1.54, 1.807) is 12.4 Å². The summed E-state index contributed by atoms with van der Waals surface area (Å²) in [6.07, 6.45) is 11.0. The Labute approximate surface area is 138 Å². The first-order valence-electron chi connectivity index (χ1n) is 8.63. The van der Waals surface area contributed by atoms with Crippen molar-refractivity contribution in [3.05, 3.63) is 59.7 Å². The lowest BCUT2D eigenvalue weighted by molar-refractivity contribution is 0.0987. The molecule has 0 bridgehead atoms. The molecule has 23 heavy (non-hydrogen) atoms. The van der Waals surface area contributed by atoms with Gasteiger partial charge in [-0.25, -0.2) is 9.97 Å². The van der Waals surface area contributed by atoms with Gasteiger partial charge in [0.1, 0.15) is 5.82 Å². The molecule has 1 aliphatic carbocycles. The van der Waals surface area contributed by atoms with Crippen LogP contribution < -0.4 is 0 Å². The lowest BCUT2D eigenvalue weighted by Gasteiger charge is -2.37. The third-order valence-corrected chi connectivity index (χ3v) is 5.04. The highest BCUT2D eigenvalue weighted by atomic mass is 16.1. The van der Waals surface area contributed by atoms with Crippen LogP contribution in [0.1, 0.15) is 67.2 Å². The van der Waals surface area contributed by atoms with Crippen molar-refractivity contribution in [1.29, 1.82) is 0 Å². The molecule has 1 fully saturated rings. The van der Waals surface area contributed by atoms with Gasteiger partial charge in [-0.05, 0) is 18.4 Å². The molecular formula is C20H24N2O. The first-order chi connectivity index (χ1) is 11.2. The van der Waals surface area contributed by atoms with Gasteiger partial charge < -0.3 is 0 Å². The maximum absolute atomic E-state index is 11.7. The Bertz CT molecular complexity index is 643. The Morgan fingerprint density at radius 3 is 2.30 bits per heavy atom. The fraction of sp³-hybridized carbons (Fsp3) is 0.450. The number of aromatic nitrogens is 2. The van der Waals surface area contributed by atoms with E-state index in [4.69, 9.17) is 0 Å². The zero-order valence-corrected chi connectivity index (χ0v) is 13.8. The number of hydrogen-bond acceptors (Lipinski definition) is 3. The first kappa shape index (κ1) is 15.9. The molecule has 3 nitrogen and oxygen atoms in total. The largest absolute Gasteiger partial charge is 0.294 e. The summed E-state index contributed by atoms with van der Waals surface area (Å²) >= 11 is 0. The summed E-state index contributed by atoms with van der Waals surface area (Å²) in [5.74, 6) is 0.954. The van der Waals surface area contributed by atoms with E-state index in [9.17, 15) is 4.79 Å². The normalized spacial score (nSPS) is 16.9. The van der Waals surface area contributed by atoms with Gasteiger partial charge in [-0.1, -0.05) is 56.5 Å². The Balaban J connectivity index is 1.86. The van der Waals surface area contributed by atoms with Crippen LogP contribution >= 0.6 is 0 Å². The molecule has 1 aromatic heterocycles. The zero-order chi connectivity index (χ0) is 16.1. The lowest BCUT2D eigenvalue weighted by Crippen LogP contribution is -2.32. The quantitative estimate of drug-likeness (QED) is 0.763. The summed E-state index contributed by atoms with van der Waals surface area (Å²) in [5, 5.41) is 0. The van der Waals surface area contributed by atoms with Gasteiger partial charge in [-0.2, -0.15) is 0 Å². The number of rotatable bonds is 5. The molecule has 1 aromatic carbocycles. The molecule has 3 heteroatoms. The minimum atomic E-state index is 0.104. The number of Topliss-reactive ketones (excluding diaryl/α,β-unsaturated/α-hetero) is 1. The monoisotopic (exact) mass is 308 g/mol. The maximum Gasteiger partial charge on any atom is 0.165 e. The van der Waals surface area contributed by atoms with Crippen LogP contribution in [0.5, 0.6) is 0 Å². The molecule has 1 saturated carbocycles. The fourth-order valence-corrected chi connectivity index (χ4v) is 3.68. The van der Waals surface area contributed by atoms with Crippen molar-refractivity contribution in [2.45, 2.75) is 57.3 Å². The van der Waals surface area contributed by atoms with Crippen LogP contribution in [0.3, 0.4) is 0 Å². The van der Waals surface area contributed by atoms with Crippen LogP contribution in [-0.4, -0.2) is 15.8 Å². The predicted octanol–water partition coefficient (Wildman–Crippen LogP) is 4.51. The van der Waals surface area contributed by atoms with Crippen molar-refractivity contribution < 1.29 is 4.79 Å². The van der Waals surface area contributed by atoms with Gasteiger partial charge in [0, 0.05) is 30.7 Å². The Hall–Kier alpha value is -2.03. The van der Waals surface area contributed by atoms with Crippen molar-refractivity contribution in [2.75, 3.05) is 0 Å². The Morgan fingerprint density at radius 1 is 1.04 bits per heavy atom. The summed E-state index contributed by atoms with van der Waals surface area (Å²) in [5.41, 5.74) is 2.17. The van der Waals surface area contributed by atoms with Crippen LogP contribution in [0, 0.1) is 0 Å². The van der Waals surface area contributed by atoms with Crippen LogP contribution in [0.4, 0.5) is 0 Å². The van der Waals surface area contributed by atoms with E-state index in [1.807, 2.05) is 6.92 Å². The van der Waals surface area contributed by atoms with Gasteiger partial charge in [0.05, 0.1) is 5.56 Å². The molecule has 0 unspecified atom stereocenters. The molecule has 0 amide bonds. The zero-order valence-electron chi connectivity index (χ0n) is 13.8. The summed E-state index contributed by atoms with van der Waals surface area (Å²) in [7, 11) is 0. The highest BCUT2D eigenvalue weighted by Crippen LogP contribution is 2.41. The average molecular weight is 308 g/mol. The molecule has 0 radical (unpaired) electrons. The molecule has 0 saturated heterocycles. The second kappa shape index (κ2) is 7.03. The number of carbonyl (C=O) groups is 1. The van der Waals surface area contributed by atoms with Crippen molar-refractivity contribution in [3.8, 4) is 0 Å². The molecule has 1 heterocycles. The Kier molecular flexibility index (Phi) is 4.85. The summed E-state index contributed by atoms with van der Waals surface area (Å²) < 4.78 is 0. The van der Waals surface area contributed by atoms with Gasteiger partial charge in [-0.3, -0.25) is 4.79 Å². The summed E-state index contributed by atoms with van der Waals surface area (Å²) in [4.78, 5) is 20.7. The molecule has 1 aliphatic rings. The molecule has 0 N–H and O–H groups in total. The van der Waals surface area contributed by atoms with E-state index >= 15 is 0 Å². The smallest absolute Gasteiger partial charge is 0.165 e. The molecule has 0 aliphatic heterocycles. The number of benzene rings is 1. The van der Waals surface area contributed by atoms with Crippen molar-refractivity contribution in [1.82, 2.24) is 9.97 Å². The lowest BCUT2D eigenvalue weighted by atomic mass is 9.67. The standard InChI is InChI=1S/C20H24N2O/c1-2-18(23)16-14-21-19(22-15-16)13-20(11-7-4-8-12-20)17-9-5-3-6-10-17/h3,5-6,9-10,14-15H,2,4,7-8,11-13H2,1H3. The fourth-order valence-electron chi connectivity index (χ4n) is 3.68. The summed E-state index contributed by atoms with van der Waals surface area (Å²) in [6, 6.07) is 10.8. The van der Waals surface area contributed by atoms with Crippen molar-refractivity contribution in [3.63, 3.8) is 0 Å². The summed E-state index contributed by atoms with van der Waals surface area (Å²) in [6.45, 7) is 1.86. The van der Waals surface area contributed by atoms with E-state index in [0.717, 1.165) is 12.2 Å². The van der Waals surface area contributed by atoms with Crippen molar-refractivity contribution in [2.24, 2.45) is 0 Å². The number of carbonyl (C=O) groups excluding carboxylic acids is 1. The molecule has 3 rings (SSSR count). The van der Waals surface area contributed by atoms with Crippen molar-refractivity contribution >= 4 is 5.78 Å². The van der Waals surface area contributed by atoms with Crippen LogP contribution in [0.2, 0.25) is 0 Å². The van der Waals surface area contributed by atoms with E-state index in [-0.39, 0.29) is 11.2 Å². The maximum atomic E-state index is 11.7. The minimum Gasteiger partial charge on any atom is -0.294 e. The van der Waals surface area contributed by atoms with Crippen LogP contribution in [-0.2, 0) is 11.8 Å². The average Bonchev–Trinajstić information content (AvgIpc) is 2.63. The van der Waals surface area contributed by atoms with Gasteiger partial charge in [0.15, 0.2) is 5.78 Å². The molecule has 120 valence electrons. The first-order valence-corrected chi connectivity index (χ1v) is 8.63. The highest BCUT2D eigenvalue weighted by Gasteiger charge is 2.34. The second-order valence-corrected chi connectivity index (χ2v) is 6.55. The SMILES string of the molecule is CCC(=O)c1cnc(CC2(c3ccccc3)CCCCC2)nc1. The van der Waals surface area contributed by atoms with Gasteiger partial charge in [0.25, 0.3) is 0 Å². The predicted molar refractivity (Wildman–Crippen MR) is 91.6 cm³/mol. The second-order valence-electron chi connectivity index (χ2n) is 6.55. The van der Waals surface area contributed by atoms with Crippen LogP contribution in [0.25, 0.3) is 0 Å². The van der Waals surface area contributed by atoms with Gasteiger partial charge in [0.2, 0.25) is 0 Å². The van der Waals surface area contributed by atoms with E-state index in [1.165, 1.54) is 37.7 Å². The number of nitrogens with zero attached hydrogens (tertiary/aromatic N) is 2. The van der Waals surface area contributed by atoms with E-state index in [0.29, 0.717) is 12.0 Å².